The van der Waals surface area contributed by atoms with Crippen LogP contribution in [-0.4, -0.2) is 75.5 Å². The second-order valence-corrected chi connectivity index (χ2v) is 15.9. The molecular formula is C48H83NO7. The SMILES string of the molecule is CC/C=C/C/C=C/C/C=C/C/C=C/C/C=C/CCC(=O)OC(COCCC(C(=O)[O-])[N+](C)(C)C)COC(=O)CCCCCCCCCCCCCCCCCC. The Morgan fingerprint density at radius 1 is 0.554 bits per heavy atom. The normalized spacial score (nSPS) is 13.5. The van der Waals surface area contributed by atoms with Crippen molar-refractivity contribution < 1.29 is 38.2 Å². The lowest BCUT2D eigenvalue weighted by atomic mass is 10.0. The third kappa shape index (κ3) is 36.7. The van der Waals surface area contributed by atoms with Crippen molar-refractivity contribution in [2.75, 3.05) is 41.0 Å². The highest BCUT2D eigenvalue weighted by Crippen LogP contribution is 2.15. The van der Waals surface area contributed by atoms with E-state index >= 15 is 0 Å². The van der Waals surface area contributed by atoms with Crippen molar-refractivity contribution in [3.8, 4) is 0 Å². The van der Waals surface area contributed by atoms with Crippen LogP contribution in [0, 0.1) is 0 Å². The van der Waals surface area contributed by atoms with Crippen LogP contribution in [0.5, 0.6) is 0 Å². The number of aliphatic carboxylic acids is 1. The Labute approximate surface area is 343 Å². The molecule has 0 spiro atoms. The predicted octanol–water partition coefficient (Wildman–Crippen LogP) is 10.9. The number of unbranched alkanes of at least 4 members (excludes halogenated alkanes) is 15. The first kappa shape index (κ1) is 53.0. The maximum Gasteiger partial charge on any atom is 0.306 e. The fraction of sp³-hybridized carbons (Fsp3) is 0.729. The molecule has 8 heteroatoms. The van der Waals surface area contributed by atoms with Crippen LogP contribution in [0.3, 0.4) is 0 Å². The van der Waals surface area contributed by atoms with Crippen LogP contribution in [0.15, 0.2) is 60.8 Å². The van der Waals surface area contributed by atoms with Crippen molar-refractivity contribution in [1.82, 2.24) is 0 Å². The van der Waals surface area contributed by atoms with Gasteiger partial charge >= 0.3 is 11.9 Å². The molecule has 0 aromatic rings. The lowest BCUT2D eigenvalue weighted by Gasteiger charge is -2.34. The summed E-state index contributed by atoms with van der Waals surface area (Å²) in [6, 6.07) is -0.739. The maximum absolute atomic E-state index is 12.7. The molecule has 2 unspecified atom stereocenters. The predicted molar refractivity (Wildman–Crippen MR) is 231 cm³/mol. The van der Waals surface area contributed by atoms with Crippen LogP contribution in [0.1, 0.15) is 174 Å². The van der Waals surface area contributed by atoms with Crippen molar-refractivity contribution >= 4 is 17.9 Å². The smallest absolute Gasteiger partial charge is 0.306 e. The average molecular weight is 786 g/mol. The number of carbonyl (C=O) groups excluding carboxylic acids is 3. The van der Waals surface area contributed by atoms with Gasteiger partial charge in [-0.3, -0.25) is 9.59 Å². The third-order valence-corrected chi connectivity index (χ3v) is 9.68. The van der Waals surface area contributed by atoms with Crippen LogP contribution >= 0.6 is 0 Å². The quantitative estimate of drug-likeness (QED) is 0.0265. The number of carboxylic acid groups (broad SMARTS) is 1. The third-order valence-electron chi connectivity index (χ3n) is 9.68. The number of nitrogens with zero attached hydrogens (tertiary/aromatic N) is 1. The van der Waals surface area contributed by atoms with Crippen LogP contribution in [0.4, 0.5) is 0 Å². The summed E-state index contributed by atoms with van der Waals surface area (Å²) >= 11 is 0. The molecule has 2 atom stereocenters. The Balaban J connectivity index is 4.44. The summed E-state index contributed by atoms with van der Waals surface area (Å²) in [4.78, 5) is 36.8. The number of carboxylic acids is 1. The average Bonchev–Trinajstić information content (AvgIpc) is 3.15. The minimum absolute atomic E-state index is 0.0106. The lowest BCUT2D eigenvalue weighted by molar-refractivity contribution is -0.889. The summed E-state index contributed by atoms with van der Waals surface area (Å²) in [6.07, 6.45) is 46.9. The van der Waals surface area contributed by atoms with Crippen molar-refractivity contribution in [2.24, 2.45) is 0 Å². The number of allylic oxidation sites excluding steroid dienone is 10. The Kier molecular flexibility index (Phi) is 36.8. The zero-order chi connectivity index (χ0) is 41.4. The van der Waals surface area contributed by atoms with E-state index in [1.807, 2.05) is 12.2 Å². The van der Waals surface area contributed by atoms with E-state index in [9.17, 15) is 19.5 Å². The van der Waals surface area contributed by atoms with Gasteiger partial charge in [-0.1, -0.05) is 171 Å². The topological polar surface area (TPSA) is 102 Å². The zero-order valence-electron chi connectivity index (χ0n) is 36.5. The fourth-order valence-electron chi connectivity index (χ4n) is 6.24. The van der Waals surface area contributed by atoms with Gasteiger partial charge in [0.2, 0.25) is 0 Å². The highest BCUT2D eigenvalue weighted by molar-refractivity contribution is 5.70. The Hall–Kier alpha value is -2.97. The van der Waals surface area contributed by atoms with Gasteiger partial charge in [-0.05, 0) is 44.9 Å². The number of hydrogen-bond acceptors (Lipinski definition) is 7. The molecule has 0 amide bonds. The van der Waals surface area contributed by atoms with Crippen molar-refractivity contribution in [3.63, 3.8) is 0 Å². The van der Waals surface area contributed by atoms with E-state index in [4.69, 9.17) is 14.2 Å². The van der Waals surface area contributed by atoms with Gasteiger partial charge in [0.15, 0.2) is 6.10 Å². The molecule has 322 valence electrons. The Morgan fingerprint density at radius 2 is 1.00 bits per heavy atom. The van der Waals surface area contributed by atoms with Gasteiger partial charge in [0.05, 0.1) is 40.3 Å². The van der Waals surface area contributed by atoms with Gasteiger partial charge in [0, 0.05) is 19.3 Å². The molecular weight excluding hydrogens is 703 g/mol. The molecule has 0 saturated heterocycles. The number of esters is 2. The zero-order valence-corrected chi connectivity index (χ0v) is 36.5. The highest BCUT2D eigenvalue weighted by Gasteiger charge is 2.25. The number of quaternary nitrogens is 1. The number of hydrogen-bond donors (Lipinski definition) is 0. The molecule has 0 N–H and O–H groups in total. The summed E-state index contributed by atoms with van der Waals surface area (Å²) in [7, 11) is 5.38. The van der Waals surface area contributed by atoms with E-state index in [0.717, 1.165) is 51.4 Å². The summed E-state index contributed by atoms with van der Waals surface area (Å²) in [5, 5.41) is 11.6. The molecule has 0 aliphatic carbocycles. The van der Waals surface area contributed by atoms with Crippen molar-refractivity contribution in [1.29, 1.82) is 0 Å². The molecule has 0 heterocycles. The lowest BCUT2D eigenvalue weighted by Crippen LogP contribution is -2.55. The van der Waals surface area contributed by atoms with Gasteiger partial charge in [0.1, 0.15) is 12.6 Å². The molecule has 0 saturated carbocycles. The van der Waals surface area contributed by atoms with Crippen LogP contribution in [0.25, 0.3) is 0 Å². The molecule has 0 radical (unpaired) electrons. The van der Waals surface area contributed by atoms with Crippen molar-refractivity contribution in [2.45, 2.75) is 187 Å². The monoisotopic (exact) mass is 786 g/mol. The molecule has 0 bridgehead atoms. The van der Waals surface area contributed by atoms with E-state index < -0.39 is 24.1 Å². The minimum Gasteiger partial charge on any atom is -0.544 e. The first-order valence-corrected chi connectivity index (χ1v) is 22.3. The number of carbonyl (C=O) groups is 3. The first-order valence-electron chi connectivity index (χ1n) is 22.3. The summed E-state index contributed by atoms with van der Waals surface area (Å²) in [6.45, 7) is 4.47. The van der Waals surface area contributed by atoms with Gasteiger partial charge in [-0.25, -0.2) is 0 Å². The van der Waals surface area contributed by atoms with Gasteiger partial charge < -0.3 is 28.6 Å². The van der Waals surface area contributed by atoms with Crippen LogP contribution < -0.4 is 5.11 Å². The second-order valence-electron chi connectivity index (χ2n) is 15.9. The number of rotatable bonds is 39. The molecule has 0 aromatic carbocycles. The fourth-order valence-corrected chi connectivity index (χ4v) is 6.24. The Morgan fingerprint density at radius 3 is 1.45 bits per heavy atom. The summed E-state index contributed by atoms with van der Waals surface area (Å²) in [5.41, 5.74) is 0. The minimum atomic E-state index is -1.14. The standard InChI is InChI=1S/C48H83NO7/c1-6-8-10-12-14-16-18-20-22-24-26-28-30-32-34-36-38-46(50)55-43-44(42-54-41-40-45(48(52)53)49(3,4)5)56-47(51)39-37-35-33-31-29-27-25-23-21-19-17-15-13-11-9-7-2/h9,11,15,17,21,23,27,29,33,35,44-45H,6-8,10,12-14,16,18-20,22,24-26,28,30-32,34,36-43H2,1-5H3/b11-9+,17-15+,23-21+,29-27+,35-33+. The van der Waals surface area contributed by atoms with Crippen LogP contribution in [0.2, 0.25) is 0 Å². The van der Waals surface area contributed by atoms with E-state index in [1.54, 1.807) is 21.1 Å². The maximum atomic E-state index is 12.7. The molecule has 0 rings (SSSR count). The number of ether oxygens (including phenoxy) is 3. The first-order chi connectivity index (χ1) is 27.1. The van der Waals surface area contributed by atoms with Crippen LogP contribution in [-0.2, 0) is 28.6 Å². The molecule has 0 aromatic heterocycles. The highest BCUT2D eigenvalue weighted by atomic mass is 16.6. The van der Waals surface area contributed by atoms with Gasteiger partial charge in [-0.2, -0.15) is 0 Å². The summed E-state index contributed by atoms with van der Waals surface area (Å²) in [5.74, 6) is -1.84. The Bertz CT molecular complexity index is 1100. The van der Waals surface area contributed by atoms with E-state index in [1.165, 1.54) is 83.5 Å². The molecule has 0 aliphatic heterocycles. The number of likely N-dealkylation sites (N-methyl/N-ethyl adjacent to an activating group) is 1. The summed E-state index contributed by atoms with van der Waals surface area (Å²) < 4.78 is 17.1. The second kappa shape index (κ2) is 38.9. The largest absolute Gasteiger partial charge is 0.544 e. The van der Waals surface area contributed by atoms with Gasteiger partial charge in [0.25, 0.3) is 0 Å². The van der Waals surface area contributed by atoms with E-state index in [-0.39, 0.29) is 43.1 Å². The molecule has 56 heavy (non-hydrogen) atoms. The molecule has 0 fully saturated rings. The molecule has 0 aliphatic rings. The van der Waals surface area contributed by atoms with E-state index in [2.05, 4.69) is 62.5 Å². The van der Waals surface area contributed by atoms with E-state index in [0.29, 0.717) is 12.8 Å². The molecule has 8 nitrogen and oxygen atoms in total. The van der Waals surface area contributed by atoms with Crippen molar-refractivity contribution in [3.05, 3.63) is 60.8 Å². The van der Waals surface area contributed by atoms with Gasteiger partial charge in [-0.15, -0.1) is 0 Å².